The van der Waals surface area contributed by atoms with Gasteiger partial charge in [0.15, 0.2) is 0 Å². The summed E-state index contributed by atoms with van der Waals surface area (Å²) in [5, 5.41) is 17.8. The van der Waals surface area contributed by atoms with Crippen molar-refractivity contribution in [3.63, 3.8) is 0 Å². The van der Waals surface area contributed by atoms with E-state index in [0.29, 0.717) is 11.7 Å². The normalized spacial score (nSPS) is 12.9. The standard InChI is InChI=1S/C20H29N5O2S/c1-5-7-12-21-19(27)22-16(14(4)6-2)17(26)23-20-25-24-18(28-20)15-10-8-13(3)9-11-15/h8-11,14,16H,5-7,12H2,1-4H3,(H2,21,22,27)(H,23,25,26)/t14-,16-/m0/s1. The van der Waals surface area contributed by atoms with Gasteiger partial charge in [0.05, 0.1) is 0 Å². The van der Waals surface area contributed by atoms with Crippen molar-refractivity contribution in [1.82, 2.24) is 20.8 Å². The highest BCUT2D eigenvalue weighted by Crippen LogP contribution is 2.26. The summed E-state index contributed by atoms with van der Waals surface area (Å²) in [6.07, 6.45) is 2.66. The van der Waals surface area contributed by atoms with Crippen LogP contribution in [-0.4, -0.2) is 34.7 Å². The minimum atomic E-state index is -0.640. The lowest BCUT2D eigenvalue weighted by molar-refractivity contribution is -0.119. The number of aromatic nitrogens is 2. The second-order valence-electron chi connectivity index (χ2n) is 6.88. The Morgan fingerprint density at radius 3 is 2.50 bits per heavy atom. The predicted molar refractivity (Wildman–Crippen MR) is 113 cm³/mol. The van der Waals surface area contributed by atoms with Crippen molar-refractivity contribution in [2.75, 3.05) is 11.9 Å². The van der Waals surface area contributed by atoms with Gasteiger partial charge in [0.25, 0.3) is 0 Å². The van der Waals surface area contributed by atoms with Crippen LogP contribution in [0.15, 0.2) is 24.3 Å². The number of aryl methyl sites for hydroxylation is 1. The first-order valence-corrected chi connectivity index (χ1v) is 10.5. The van der Waals surface area contributed by atoms with Gasteiger partial charge >= 0.3 is 6.03 Å². The van der Waals surface area contributed by atoms with E-state index in [1.165, 1.54) is 16.9 Å². The molecule has 0 saturated carbocycles. The number of amides is 3. The molecular weight excluding hydrogens is 374 g/mol. The maximum atomic E-state index is 12.8. The van der Waals surface area contributed by atoms with Gasteiger partial charge in [-0.2, -0.15) is 0 Å². The van der Waals surface area contributed by atoms with Gasteiger partial charge in [-0.1, -0.05) is 74.8 Å². The smallest absolute Gasteiger partial charge is 0.315 e. The van der Waals surface area contributed by atoms with Crippen molar-refractivity contribution in [3.05, 3.63) is 29.8 Å². The summed E-state index contributed by atoms with van der Waals surface area (Å²) in [6, 6.07) is 7.01. The highest BCUT2D eigenvalue weighted by molar-refractivity contribution is 7.18. The molecule has 0 fully saturated rings. The van der Waals surface area contributed by atoms with E-state index in [9.17, 15) is 9.59 Å². The Bertz CT molecular complexity index is 775. The number of benzene rings is 1. The fourth-order valence-electron chi connectivity index (χ4n) is 2.54. The number of carbonyl (C=O) groups excluding carboxylic acids is 2. The van der Waals surface area contributed by atoms with Crippen LogP contribution >= 0.6 is 11.3 Å². The van der Waals surface area contributed by atoms with E-state index in [4.69, 9.17) is 0 Å². The Labute approximate surface area is 170 Å². The summed E-state index contributed by atoms with van der Waals surface area (Å²) in [6.45, 7) is 8.60. The van der Waals surface area contributed by atoms with Crippen molar-refractivity contribution in [2.45, 2.75) is 53.0 Å². The van der Waals surface area contributed by atoms with Crippen LogP contribution < -0.4 is 16.0 Å². The third-order valence-electron chi connectivity index (χ3n) is 4.55. The molecule has 8 heteroatoms. The second-order valence-corrected chi connectivity index (χ2v) is 7.86. The van der Waals surface area contributed by atoms with Crippen LogP contribution in [0.25, 0.3) is 10.6 Å². The van der Waals surface area contributed by atoms with Crippen molar-refractivity contribution in [2.24, 2.45) is 5.92 Å². The average molecular weight is 404 g/mol. The van der Waals surface area contributed by atoms with Gasteiger partial charge in [0, 0.05) is 12.1 Å². The molecule has 2 atom stereocenters. The number of unbranched alkanes of at least 4 members (excludes halogenated alkanes) is 1. The van der Waals surface area contributed by atoms with E-state index in [1.54, 1.807) is 0 Å². The lowest BCUT2D eigenvalue weighted by Gasteiger charge is -2.23. The van der Waals surface area contributed by atoms with Crippen molar-refractivity contribution >= 4 is 28.4 Å². The Hall–Kier alpha value is -2.48. The number of carbonyl (C=O) groups is 2. The monoisotopic (exact) mass is 403 g/mol. The van der Waals surface area contributed by atoms with Crippen LogP contribution in [0.3, 0.4) is 0 Å². The Morgan fingerprint density at radius 2 is 1.86 bits per heavy atom. The molecule has 7 nitrogen and oxygen atoms in total. The van der Waals surface area contributed by atoms with Crippen LogP contribution in [-0.2, 0) is 4.79 Å². The van der Waals surface area contributed by atoms with Gasteiger partial charge in [0.2, 0.25) is 11.0 Å². The topological polar surface area (TPSA) is 96.0 Å². The van der Waals surface area contributed by atoms with E-state index in [2.05, 4.69) is 33.1 Å². The van der Waals surface area contributed by atoms with E-state index >= 15 is 0 Å². The van der Waals surface area contributed by atoms with Crippen molar-refractivity contribution in [3.8, 4) is 10.6 Å². The van der Waals surface area contributed by atoms with Gasteiger partial charge < -0.3 is 10.6 Å². The van der Waals surface area contributed by atoms with Gasteiger partial charge in [-0.15, -0.1) is 10.2 Å². The maximum Gasteiger partial charge on any atom is 0.315 e. The second kappa shape index (κ2) is 10.8. The summed E-state index contributed by atoms with van der Waals surface area (Å²) in [5.41, 5.74) is 2.12. The summed E-state index contributed by atoms with van der Waals surface area (Å²) < 4.78 is 0. The molecule has 1 aromatic heterocycles. The molecule has 2 rings (SSSR count). The highest BCUT2D eigenvalue weighted by Gasteiger charge is 2.26. The van der Waals surface area contributed by atoms with Gasteiger partial charge in [-0.05, 0) is 19.3 Å². The molecule has 1 aromatic carbocycles. The van der Waals surface area contributed by atoms with E-state index < -0.39 is 6.04 Å². The predicted octanol–water partition coefficient (Wildman–Crippen LogP) is 3.97. The zero-order valence-corrected chi connectivity index (χ0v) is 17.7. The Balaban J connectivity index is 2.02. The number of hydrogen-bond donors (Lipinski definition) is 3. The molecule has 0 spiro atoms. The summed E-state index contributed by atoms with van der Waals surface area (Å²) in [5.74, 6) is -0.298. The molecule has 0 unspecified atom stereocenters. The Morgan fingerprint density at radius 1 is 1.14 bits per heavy atom. The molecule has 0 saturated heterocycles. The van der Waals surface area contributed by atoms with Crippen molar-refractivity contribution < 1.29 is 9.59 Å². The van der Waals surface area contributed by atoms with Crippen LogP contribution in [0.5, 0.6) is 0 Å². The van der Waals surface area contributed by atoms with Crippen LogP contribution in [0.4, 0.5) is 9.93 Å². The minimum absolute atomic E-state index is 0.0126. The Kier molecular flexibility index (Phi) is 8.38. The summed E-state index contributed by atoms with van der Waals surface area (Å²) >= 11 is 1.31. The number of rotatable bonds is 9. The number of nitrogens with zero attached hydrogens (tertiary/aromatic N) is 2. The molecule has 0 aliphatic rings. The van der Waals surface area contributed by atoms with E-state index in [0.717, 1.165) is 29.8 Å². The summed E-state index contributed by atoms with van der Waals surface area (Å²) in [4.78, 5) is 24.8. The van der Waals surface area contributed by atoms with Crippen LogP contribution in [0.1, 0.15) is 45.6 Å². The third kappa shape index (κ3) is 6.30. The van der Waals surface area contributed by atoms with Gasteiger partial charge in [-0.3, -0.25) is 10.1 Å². The first-order chi connectivity index (χ1) is 13.4. The maximum absolute atomic E-state index is 12.8. The molecule has 0 radical (unpaired) electrons. The highest BCUT2D eigenvalue weighted by atomic mass is 32.1. The quantitative estimate of drug-likeness (QED) is 0.552. The lowest BCUT2D eigenvalue weighted by atomic mass is 9.98. The largest absolute Gasteiger partial charge is 0.338 e. The van der Waals surface area contributed by atoms with Gasteiger partial charge in [0.1, 0.15) is 11.0 Å². The summed E-state index contributed by atoms with van der Waals surface area (Å²) in [7, 11) is 0. The van der Waals surface area contributed by atoms with E-state index in [1.807, 2.05) is 45.0 Å². The number of hydrogen-bond acceptors (Lipinski definition) is 5. The SMILES string of the molecule is CCCCNC(=O)N[C@H](C(=O)Nc1nnc(-c2ccc(C)cc2)s1)[C@@H](C)CC. The zero-order valence-electron chi connectivity index (χ0n) is 16.9. The average Bonchev–Trinajstić information content (AvgIpc) is 3.14. The molecule has 0 aliphatic carbocycles. The zero-order chi connectivity index (χ0) is 20.5. The molecule has 3 N–H and O–H groups in total. The third-order valence-corrected chi connectivity index (χ3v) is 5.44. The van der Waals surface area contributed by atoms with Crippen LogP contribution in [0, 0.1) is 12.8 Å². The fourth-order valence-corrected chi connectivity index (χ4v) is 3.29. The van der Waals surface area contributed by atoms with Crippen LogP contribution in [0.2, 0.25) is 0 Å². The molecule has 28 heavy (non-hydrogen) atoms. The molecule has 3 amide bonds. The minimum Gasteiger partial charge on any atom is -0.338 e. The number of nitrogens with one attached hydrogen (secondary N) is 3. The molecule has 1 heterocycles. The number of urea groups is 1. The molecule has 0 bridgehead atoms. The molecule has 2 aromatic rings. The van der Waals surface area contributed by atoms with E-state index in [-0.39, 0.29) is 17.9 Å². The van der Waals surface area contributed by atoms with Gasteiger partial charge in [-0.25, -0.2) is 4.79 Å². The molecule has 0 aliphatic heterocycles. The van der Waals surface area contributed by atoms with Crippen molar-refractivity contribution in [1.29, 1.82) is 0 Å². The number of anilines is 1. The lowest BCUT2D eigenvalue weighted by Crippen LogP contribution is -2.51. The molecular formula is C20H29N5O2S. The first kappa shape index (κ1) is 21.8. The molecule has 152 valence electrons. The first-order valence-electron chi connectivity index (χ1n) is 9.70. The fraction of sp³-hybridized carbons (Fsp3) is 0.500.